The number of hydrogen-bond acceptors (Lipinski definition) is 3. The van der Waals surface area contributed by atoms with Gasteiger partial charge in [0.2, 0.25) is 5.91 Å². The van der Waals surface area contributed by atoms with Gasteiger partial charge in [0.15, 0.2) is 0 Å². The molecule has 0 bridgehead atoms. The first kappa shape index (κ1) is 16.8. The van der Waals surface area contributed by atoms with Gasteiger partial charge in [-0.3, -0.25) is 4.79 Å². The minimum atomic E-state index is 0.124. The first-order valence-electron chi connectivity index (χ1n) is 8.94. The van der Waals surface area contributed by atoms with E-state index in [1.807, 2.05) is 11.8 Å². The zero-order valence-corrected chi connectivity index (χ0v) is 14.6. The molecule has 1 aromatic rings. The summed E-state index contributed by atoms with van der Waals surface area (Å²) in [6.45, 7) is 0.789. The maximum Gasteiger partial charge on any atom is 0.223 e. The third-order valence-electron chi connectivity index (χ3n) is 5.26. The Morgan fingerprint density at radius 1 is 1.17 bits per heavy atom. The molecule has 2 saturated carbocycles. The van der Waals surface area contributed by atoms with Crippen molar-refractivity contribution in [2.45, 2.75) is 67.1 Å². The molecule has 0 saturated heterocycles. The lowest BCUT2D eigenvalue weighted by Gasteiger charge is -2.31. The molecule has 2 aliphatic rings. The molecule has 126 valence electrons. The molecule has 3 N–H and O–H groups in total. The second-order valence-corrected chi connectivity index (χ2v) is 8.69. The summed E-state index contributed by atoms with van der Waals surface area (Å²) >= 11 is 1.95. The van der Waals surface area contributed by atoms with E-state index in [4.69, 9.17) is 5.73 Å². The average Bonchev–Trinajstić information content (AvgIpc) is 3.02. The number of thioether (sulfide) groups is 1. The van der Waals surface area contributed by atoms with E-state index in [9.17, 15) is 4.79 Å². The minimum Gasteiger partial charge on any atom is -0.354 e. The summed E-state index contributed by atoms with van der Waals surface area (Å²) in [6.07, 6.45) is 8.92. The Kier molecular flexibility index (Phi) is 5.65. The second kappa shape index (κ2) is 7.71. The molecule has 2 aliphatic carbocycles. The van der Waals surface area contributed by atoms with Crippen LogP contribution in [0.1, 0.15) is 51.4 Å². The molecular formula is C19H28N2OS. The van der Waals surface area contributed by atoms with Crippen LogP contribution in [0.15, 0.2) is 35.2 Å². The molecule has 1 amide bonds. The highest BCUT2D eigenvalue weighted by atomic mass is 32.2. The van der Waals surface area contributed by atoms with Gasteiger partial charge in [-0.25, -0.2) is 0 Å². The molecule has 0 heterocycles. The van der Waals surface area contributed by atoms with E-state index in [0.717, 1.165) is 32.2 Å². The predicted molar refractivity (Wildman–Crippen MR) is 96.4 cm³/mol. The third-order valence-corrected chi connectivity index (χ3v) is 6.76. The minimum absolute atomic E-state index is 0.124. The van der Waals surface area contributed by atoms with Crippen LogP contribution in [0.4, 0.5) is 0 Å². The van der Waals surface area contributed by atoms with Gasteiger partial charge in [-0.2, -0.15) is 0 Å². The second-order valence-electron chi connectivity index (χ2n) is 7.15. The molecule has 0 aromatic heterocycles. The topological polar surface area (TPSA) is 55.1 Å². The Bertz CT molecular complexity index is 513. The number of rotatable bonds is 5. The van der Waals surface area contributed by atoms with E-state index in [1.54, 1.807) is 0 Å². The summed E-state index contributed by atoms with van der Waals surface area (Å²) in [6, 6.07) is 10.8. The SMILES string of the molecule is NC1CCCC(C(=O)NCC2(Sc3ccccc3)CCCC2)C1. The van der Waals surface area contributed by atoms with Gasteiger partial charge in [0.25, 0.3) is 0 Å². The molecule has 4 heteroatoms. The van der Waals surface area contributed by atoms with Crippen LogP contribution in [-0.2, 0) is 4.79 Å². The maximum atomic E-state index is 12.5. The summed E-state index contributed by atoms with van der Waals surface area (Å²) in [5, 5.41) is 3.26. The first-order valence-corrected chi connectivity index (χ1v) is 9.76. The standard InChI is InChI=1S/C19H28N2OS/c20-16-8-6-7-15(13-16)18(22)21-14-19(11-4-5-12-19)23-17-9-2-1-3-10-17/h1-3,9-10,15-16H,4-8,11-14,20H2,(H,21,22). The summed E-state index contributed by atoms with van der Waals surface area (Å²) in [4.78, 5) is 13.8. The van der Waals surface area contributed by atoms with Crippen LogP contribution >= 0.6 is 11.8 Å². The van der Waals surface area contributed by atoms with E-state index in [0.29, 0.717) is 0 Å². The normalized spacial score (nSPS) is 26.8. The highest BCUT2D eigenvalue weighted by molar-refractivity contribution is 8.00. The number of amides is 1. The summed E-state index contributed by atoms with van der Waals surface area (Å²) in [5.74, 6) is 0.346. The lowest BCUT2D eigenvalue weighted by molar-refractivity contribution is -0.126. The third kappa shape index (κ3) is 4.51. The van der Waals surface area contributed by atoms with Crippen molar-refractivity contribution in [3.8, 4) is 0 Å². The van der Waals surface area contributed by atoms with Crippen molar-refractivity contribution in [1.82, 2.24) is 5.32 Å². The van der Waals surface area contributed by atoms with Crippen LogP contribution in [0.3, 0.4) is 0 Å². The molecule has 0 aliphatic heterocycles. The molecule has 2 unspecified atom stereocenters. The quantitative estimate of drug-likeness (QED) is 0.864. The lowest BCUT2D eigenvalue weighted by atomic mass is 9.85. The lowest BCUT2D eigenvalue weighted by Crippen LogP contribution is -2.43. The summed E-state index contributed by atoms with van der Waals surface area (Å²) in [5.41, 5.74) is 6.03. The summed E-state index contributed by atoms with van der Waals surface area (Å²) < 4.78 is 0.174. The van der Waals surface area contributed by atoms with Gasteiger partial charge >= 0.3 is 0 Å². The monoisotopic (exact) mass is 332 g/mol. The van der Waals surface area contributed by atoms with Crippen LogP contribution in [0.25, 0.3) is 0 Å². The van der Waals surface area contributed by atoms with Gasteiger partial charge in [-0.15, -0.1) is 11.8 Å². The number of benzene rings is 1. The van der Waals surface area contributed by atoms with Gasteiger partial charge < -0.3 is 11.1 Å². The fourth-order valence-electron chi connectivity index (χ4n) is 3.93. The van der Waals surface area contributed by atoms with E-state index < -0.39 is 0 Å². The average molecular weight is 333 g/mol. The van der Waals surface area contributed by atoms with Gasteiger partial charge in [0.05, 0.1) is 0 Å². The highest BCUT2D eigenvalue weighted by Crippen LogP contribution is 2.44. The maximum absolute atomic E-state index is 12.5. The number of carbonyl (C=O) groups is 1. The van der Waals surface area contributed by atoms with Crippen LogP contribution in [0.5, 0.6) is 0 Å². The Balaban J connectivity index is 1.58. The van der Waals surface area contributed by atoms with Gasteiger partial charge in [0, 0.05) is 28.1 Å². The van der Waals surface area contributed by atoms with E-state index >= 15 is 0 Å². The van der Waals surface area contributed by atoms with E-state index in [1.165, 1.54) is 30.6 Å². The van der Waals surface area contributed by atoms with Crippen molar-refractivity contribution in [2.24, 2.45) is 11.7 Å². The number of nitrogens with two attached hydrogens (primary N) is 1. The van der Waals surface area contributed by atoms with Crippen molar-refractivity contribution in [1.29, 1.82) is 0 Å². The molecule has 3 nitrogen and oxygen atoms in total. The van der Waals surface area contributed by atoms with Crippen molar-refractivity contribution >= 4 is 17.7 Å². The highest BCUT2D eigenvalue weighted by Gasteiger charge is 2.36. The number of carbonyl (C=O) groups excluding carboxylic acids is 1. The Morgan fingerprint density at radius 2 is 1.91 bits per heavy atom. The van der Waals surface area contributed by atoms with Crippen LogP contribution in [-0.4, -0.2) is 23.2 Å². The van der Waals surface area contributed by atoms with Crippen molar-refractivity contribution in [3.63, 3.8) is 0 Å². The fraction of sp³-hybridized carbons (Fsp3) is 0.632. The molecular weight excluding hydrogens is 304 g/mol. The van der Waals surface area contributed by atoms with Gasteiger partial charge in [-0.1, -0.05) is 37.5 Å². The number of nitrogens with one attached hydrogen (secondary N) is 1. The summed E-state index contributed by atoms with van der Waals surface area (Å²) in [7, 11) is 0. The van der Waals surface area contributed by atoms with E-state index in [2.05, 4.69) is 35.6 Å². The molecule has 2 fully saturated rings. The smallest absolute Gasteiger partial charge is 0.223 e. The predicted octanol–water partition coefficient (Wildman–Crippen LogP) is 3.73. The molecule has 2 atom stereocenters. The molecule has 0 spiro atoms. The Hall–Kier alpha value is -1.00. The van der Waals surface area contributed by atoms with E-state index in [-0.39, 0.29) is 22.6 Å². The molecule has 3 rings (SSSR count). The van der Waals surface area contributed by atoms with Crippen molar-refractivity contribution in [3.05, 3.63) is 30.3 Å². The van der Waals surface area contributed by atoms with Crippen LogP contribution in [0, 0.1) is 5.92 Å². The van der Waals surface area contributed by atoms with Crippen LogP contribution < -0.4 is 11.1 Å². The molecule has 0 radical (unpaired) electrons. The molecule has 1 aromatic carbocycles. The Morgan fingerprint density at radius 3 is 2.61 bits per heavy atom. The van der Waals surface area contributed by atoms with Gasteiger partial charge in [0.1, 0.15) is 0 Å². The zero-order chi connectivity index (χ0) is 16.1. The number of hydrogen-bond donors (Lipinski definition) is 2. The fourth-order valence-corrected chi connectivity index (χ4v) is 5.36. The largest absolute Gasteiger partial charge is 0.354 e. The van der Waals surface area contributed by atoms with Gasteiger partial charge in [-0.05, 0) is 44.2 Å². The van der Waals surface area contributed by atoms with Crippen molar-refractivity contribution < 1.29 is 4.79 Å². The van der Waals surface area contributed by atoms with Crippen molar-refractivity contribution in [2.75, 3.05) is 6.54 Å². The first-order chi connectivity index (χ1) is 11.2. The zero-order valence-electron chi connectivity index (χ0n) is 13.8. The Labute approximate surface area is 143 Å². The van der Waals surface area contributed by atoms with Crippen LogP contribution in [0.2, 0.25) is 0 Å². The molecule has 23 heavy (non-hydrogen) atoms.